The maximum Gasteiger partial charge on any atom is 0.160 e. The summed E-state index contributed by atoms with van der Waals surface area (Å²) in [7, 11) is 0. The largest absolute Gasteiger partial charge is 0.353 e. The van der Waals surface area contributed by atoms with Crippen LogP contribution in [-0.4, -0.2) is 18.5 Å². The van der Waals surface area contributed by atoms with Crippen molar-refractivity contribution in [2.75, 3.05) is 6.61 Å². The van der Waals surface area contributed by atoms with E-state index in [2.05, 4.69) is 26.3 Å². The van der Waals surface area contributed by atoms with Crippen LogP contribution in [0.5, 0.6) is 0 Å². The molecule has 1 aliphatic heterocycles. The van der Waals surface area contributed by atoms with Crippen LogP contribution in [0.4, 0.5) is 0 Å². The highest BCUT2D eigenvalue weighted by atomic mass is 16.7. The van der Waals surface area contributed by atoms with Gasteiger partial charge in [-0.1, -0.05) is 25.8 Å². The molecule has 1 unspecified atom stereocenters. The molecule has 0 aromatic heterocycles. The summed E-state index contributed by atoms with van der Waals surface area (Å²) in [6.07, 6.45) is 11.1. The molecular formula is C14H22O2. The number of unbranched alkanes of at least 4 members (excludes halogenated alkanes) is 1. The highest BCUT2D eigenvalue weighted by molar-refractivity contribution is 5.13. The molecule has 0 aromatic rings. The second-order valence-corrected chi connectivity index (χ2v) is 4.37. The van der Waals surface area contributed by atoms with E-state index < -0.39 is 5.60 Å². The van der Waals surface area contributed by atoms with Crippen molar-refractivity contribution in [3.8, 4) is 12.3 Å². The van der Waals surface area contributed by atoms with Gasteiger partial charge in [0.05, 0.1) is 6.61 Å². The normalized spacial score (nSPS) is 33.6. The van der Waals surface area contributed by atoms with E-state index in [1.165, 1.54) is 0 Å². The molecule has 2 heteroatoms. The van der Waals surface area contributed by atoms with Crippen molar-refractivity contribution in [1.82, 2.24) is 0 Å². The fourth-order valence-corrected chi connectivity index (χ4v) is 2.13. The van der Waals surface area contributed by atoms with Gasteiger partial charge in [0.15, 0.2) is 6.29 Å². The molecule has 1 aliphatic rings. The molecule has 90 valence electrons. The topological polar surface area (TPSA) is 18.5 Å². The van der Waals surface area contributed by atoms with Crippen LogP contribution >= 0.6 is 0 Å². The van der Waals surface area contributed by atoms with Crippen molar-refractivity contribution < 1.29 is 9.47 Å². The minimum atomic E-state index is -0.414. The van der Waals surface area contributed by atoms with E-state index >= 15 is 0 Å². The average molecular weight is 222 g/mol. The highest BCUT2D eigenvalue weighted by Gasteiger charge is 2.44. The summed E-state index contributed by atoms with van der Waals surface area (Å²) in [6, 6.07) is 0. The first-order valence-electron chi connectivity index (χ1n) is 6.06. The van der Waals surface area contributed by atoms with Gasteiger partial charge in [0.25, 0.3) is 0 Å². The number of allylic oxidation sites excluding steroid dienone is 1. The Labute approximate surface area is 99.0 Å². The van der Waals surface area contributed by atoms with E-state index in [1.807, 2.05) is 6.08 Å². The minimum Gasteiger partial charge on any atom is -0.353 e. The summed E-state index contributed by atoms with van der Waals surface area (Å²) in [4.78, 5) is 0. The molecule has 0 radical (unpaired) electrons. The predicted molar refractivity (Wildman–Crippen MR) is 65.9 cm³/mol. The molecular weight excluding hydrogens is 200 g/mol. The maximum atomic E-state index is 5.86. The zero-order valence-electron chi connectivity index (χ0n) is 10.4. The summed E-state index contributed by atoms with van der Waals surface area (Å²) >= 11 is 0. The van der Waals surface area contributed by atoms with Crippen molar-refractivity contribution in [2.45, 2.75) is 51.4 Å². The summed E-state index contributed by atoms with van der Waals surface area (Å²) < 4.78 is 11.5. The van der Waals surface area contributed by atoms with E-state index in [-0.39, 0.29) is 6.29 Å². The number of terminal acetylenes is 1. The Bertz CT molecular complexity index is 266. The average Bonchev–Trinajstić information content (AvgIpc) is 2.62. The zero-order chi connectivity index (χ0) is 12.0. The number of hydrogen-bond acceptors (Lipinski definition) is 2. The van der Waals surface area contributed by atoms with Crippen molar-refractivity contribution >= 4 is 0 Å². The second-order valence-electron chi connectivity index (χ2n) is 4.37. The molecule has 1 saturated heterocycles. The fraction of sp³-hybridized carbons (Fsp3) is 0.714. The Morgan fingerprint density at radius 3 is 2.94 bits per heavy atom. The van der Waals surface area contributed by atoms with E-state index in [4.69, 9.17) is 15.9 Å². The number of hydrogen-bond donors (Lipinski definition) is 0. The van der Waals surface area contributed by atoms with Gasteiger partial charge >= 0.3 is 0 Å². The third kappa shape index (κ3) is 2.87. The van der Waals surface area contributed by atoms with Gasteiger partial charge in [-0.15, -0.1) is 13.0 Å². The van der Waals surface area contributed by atoms with Crippen LogP contribution in [0.3, 0.4) is 0 Å². The second kappa shape index (κ2) is 6.08. The van der Waals surface area contributed by atoms with Gasteiger partial charge in [0.1, 0.15) is 5.60 Å². The number of rotatable bonds is 6. The molecule has 3 atom stereocenters. The summed E-state index contributed by atoms with van der Waals surface area (Å²) in [6.45, 7) is 8.60. The van der Waals surface area contributed by atoms with Crippen molar-refractivity contribution in [3.05, 3.63) is 12.7 Å². The maximum absolute atomic E-state index is 5.86. The van der Waals surface area contributed by atoms with Gasteiger partial charge in [0.2, 0.25) is 0 Å². The standard InChI is InChI=1S/C14H22O2/c1-5-8-9-10-15-13-11-12(4)14(6-2,7-3)16-13/h2,5,12-13H,1,7-11H2,3-4H3/t12-,13?,14+/m0/s1. The van der Waals surface area contributed by atoms with E-state index in [1.54, 1.807) is 0 Å². The monoisotopic (exact) mass is 222 g/mol. The van der Waals surface area contributed by atoms with Crippen LogP contribution in [0.15, 0.2) is 12.7 Å². The zero-order valence-corrected chi connectivity index (χ0v) is 10.4. The number of ether oxygens (including phenoxy) is 2. The Hall–Kier alpha value is -0.780. The fourth-order valence-electron chi connectivity index (χ4n) is 2.13. The van der Waals surface area contributed by atoms with Crippen LogP contribution in [0.2, 0.25) is 0 Å². The first kappa shape index (κ1) is 13.3. The lowest BCUT2D eigenvalue weighted by Crippen LogP contribution is -2.32. The molecule has 0 spiro atoms. The summed E-state index contributed by atoms with van der Waals surface area (Å²) in [5.41, 5.74) is -0.414. The molecule has 2 nitrogen and oxygen atoms in total. The molecule has 0 aromatic carbocycles. The highest BCUT2D eigenvalue weighted by Crippen LogP contribution is 2.38. The van der Waals surface area contributed by atoms with Crippen LogP contribution in [0.25, 0.3) is 0 Å². The van der Waals surface area contributed by atoms with E-state index in [0.29, 0.717) is 12.5 Å². The quantitative estimate of drug-likeness (QED) is 0.390. The Balaban J connectivity index is 2.38. The lowest BCUT2D eigenvalue weighted by atomic mass is 9.87. The van der Waals surface area contributed by atoms with E-state index in [0.717, 1.165) is 25.7 Å². The first-order valence-corrected chi connectivity index (χ1v) is 6.06. The molecule has 1 heterocycles. The molecule has 0 bridgehead atoms. The van der Waals surface area contributed by atoms with Crippen LogP contribution in [0, 0.1) is 18.3 Å². The van der Waals surface area contributed by atoms with Crippen molar-refractivity contribution in [1.29, 1.82) is 0 Å². The lowest BCUT2D eigenvalue weighted by molar-refractivity contribution is -0.154. The molecule has 1 rings (SSSR count). The minimum absolute atomic E-state index is 0.129. The molecule has 0 N–H and O–H groups in total. The lowest BCUT2D eigenvalue weighted by Gasteiger charge is -2.25. The summed E-state index contributed by atoms with van der Waals surface area (Å²) in [5.74, 6) is 3.16. The van der Waals surface area contributed by atoms with E-state index in [9.17, 15) is 0 Å². The van der Waals surface area contributed by atoms with Crippen LogP contribution in [-0.2, 0) is 9.47 Å². The SMILES string of the molecule is C#C[C@]1(CC)OC(OCCCC=C)C[C@@H]1C. The Kier molecular flexibility index (Phi) is 5.05. The Morgan fingerprint density at radius 1 is 1.69 bits per heavy atom. The molecule has 0 saturated carbocycles. The predicted octanol–water partition coefficient (Wildman–Crippen LogP) is 3.13. The van der Waals surface area contributed by atoms with Crippen LogP contribution in [0.1, 0.15) is 39.5 Å². The van der Waals surface area contributed by atoms with Gasteiger partial charge < -0.3 is 9.47 Å². The third-order valence-corrected chi connectivity index (χ3v) is 3.31. The molecule has 0 aliphatic carbocycles. The first-order chi connectivity index (χ1) is 7.68. The Morgan fingerprint density at radius 2 is 2.44 bits per heavy atom. The molecule has 1 fully saturated rings. The van der Waals surface area contributed by atoms with Gasteiger partial charge in [-0.2, -0.15) is 0 Å². The van der Waals surface area contributed by atoms with Gasteiger partial charge in [0, 0.05) is 12.3 Å². The van der Waals surface area contributed by atoms with Gasteiger partial charge in [-0.25, -0.2) is 0 Å². The van der Waals surface area contributed by atoms with Crippen molar-refractivity contribution in [2.24, 2.45) is 5.92 Å². The van der Waals surface area contributed by atoms with Gasteiger partial charge in [-0.3, -0.25) is 0 Å². The smallest absolute Gasteiger partial charge is 0.160 e. The van der Waals surface area contributed by atoms with Gasteiger partial charge in [-0.05, 0) is 19.3 Å². The molecule has 16 heavy (non-hydrogen) atoms. The summed E-state index contributed by atoms with van der Waals surface area (Å²) in [5, 5.41) is 0. The van der Waals surface area contributed by atoms with Crippen LogP contribution < -0.4 is 0 Å². The third-order valence-electron chi connectivity index (χ3n) is 3.31. The van der Waals surface area contributed by atoms with Crippen molar-refractivity contribution in [3.63, 3.8) is 0 Å². The molecule has 0 amide bonds.